The number of rotatable bonds is 5. The van der Waals surface area contributed by atoms with Crippen molar-refractivity contribution in [1.29, 1.82) is 0 Å². The molecule has 0 aromatic carbocycles. The minimum absolute atomic E-state index is 0.665. The van der Waals surface area contributed by atoms with Crippen LogP contribution in [-0.4, -0.2) is 12.4 Å². The fourth-order valence-electron chi connectivity index (χ4n) is 0.632. The van der Waals surface area contributed by atoms with Gasteiger partial charge in [0.25, 0.3) is 0 Å². The van der Waals surface area contributed by atoms with E-state index in [1.165, 1.54) is 0 Å². The Hall–Kier alpha value is -1.44. The largest absolute Gasteiger partial charge is 0.260 e. The van der Waals surface area contributed by atoms with Gasteiger partial charge in [0, 0.05) is 11.9 Å². The molecule has 0 amide bonds. The lowest BCUT2D eigenvalue weighted by Gasteiger charge is -1.90. The monoisotopic (exact) mass is 176 g/mol. The summed E-state index contributed by atoms with van der Waals surface area (Å²) in [6.07, 6.45) is 7.88. The molecule has 0 rings (SSSR count). The molecule has 0 unspecified atom stereocenters. The van der Waals surface area contributed by atoms with E-state index in [9.17, 15) is 0 Å². The van der Waals surface area contributed by atoms with Crippen molar-refractivity contribution in [3.05, 3.63) is 36.7 Å². The van der Waals surface area contributed by atoms with E-state index in [1.54, 1.807) is 18.5 Å². The molecule has 70 valence electrons. The molecule has 0 aromatic heterocycles. The maximum atomic E-state index is 4.12. The topological polar surface area (TPSA) is 24.7 Å². The fourth-order valence-corrected chi connectivity index (χ4v) is 0.632. The molecule has 0 bridgehead atoms. The Morgan fingerprint density at radius 3 is 2.62 bits per heavy atom. The molecule has 0 N–H and O–H groups in total. The smallest absolute Gasteiger partial charge is 0.0736 e. The second kappa shape index (κ2) is 7.22. The van der Waals surface area contributed by atoms with Crippen LogP contribution in [0.2, 0.25) is 0 Å². The first-order chi connectivity index (χ1) is 6.20. The van der Waals surface area contributed by atoms with E-state index >= 15 is 0 Å². The summed E-state index contributed by atoms with van der Waals surface area (Å²) < 4.78 is 0. The number of aliphatic imine (C=N–C) groups is 2. The van der Waals surface area contributed by atoms with Crippen molar-refractivity contribution in [1.82, 2.24) is 0 Å². The fraction of sp³-hybridized carbons (Fsp3) is 0.273. The van der Waals surface area contributed by atoms with Gasteiger partial charge in [-0.05, 0) is 19.4 Å². The highest BCUT2D eigenvalue weighted by Crippen LogP contribution is 1.95. The van der Waals surface area contributed by atoms with Crippen molar-refractivity contribution >= 4 is 12.4 Å². The Morgan fingerprint density at radius 1 is 1.38 bits per heavy atom. The number of allylic oxidation sites excluding steroid dienone is 4. The van der Waals surface area contributed by atoms with Gasteiger partial charge in [-0.3, -0.25) is 9.98 Å². The molecule has 0 aliphatic heterocycles. The second-order valence-corrected chi connectivity index (χ2v) is 2.51. The van der Waals surface area contributed by atoms with Crippen LogP contribution in [0.25, 0.3) is 0 Å². The Labute approximate surface area is 80.1 Å². The quantitative estimate of drug-likeness (QED) is 0.454. The van der Waals surface area contributed by atoms with E-state index in [0.717, 1.165) is 12.1 Å². The summed E-state index contributed by atoms with van der Waals surface area (Å²) in [5.74, 6) is 0. The molecule has 0 saturated carbocycles. The van der Waals surface area contributed by atoms with Gasteiger partial charge in [-0.2, -0.15) is 0 Å². The van der Waals surface area contributed by atoms with Crippen molar-refractivity contribution in [2.24, 2.45) is 9.98 Å². The standard InChI is InChI=1S/C11H16N2/c1-5-7-10(3)13-9-11(4)12-8-6-2/h5,7-9H,1,4,6H2,2-3H3/b10-7-,12-8?,13-9?. The van der Waals surface area contributed by atoms with Gasteiger partial charge in [0.05, 0.1) is 11.9 Å². The molecule has 0 radical (unpaired) electrons. The summed E-state index contributed by atoms with van der Waals surface area (Å²) in [4.78, 5) is 8.17. The molecule has 0 fully saturated rings. The maximum Gasteiger partial charge on any atom is 0.0736 e. The average molecular weight is 176 g/mol. The Bertz CT molecular complexity index is 257. The summed E-state index contributed by atoms with van der Waals surface area (Å²) >= 11 is 0. The van der Waals surface area contributed by atoms with Gasteiger partial charge in [-0.1, -0.05) is 26.2 Å². The molecule has 0 atom stereocenters. The highest BCUT2D eigenvalue weighted by Gasteiger charge is 1.82. The maximum absolute atomic E-state index is 4.12. The SMILES string of the molecule is C=C/C=C(/C)N=CC(=C)N=CCC. The normalized spacial score (nSPS) is 12.6. The third kappa shape index (κ3) is 6.94. The van der Waals surface area contributed by atoms with Crippen LogP contribution in [-0.2, 0) is 0 Å². The van der Waals surface area contributed by atoms with E-state index in [4.69, 9.17) is 0 Å². The first kappa shape index (κ1) is 11.6. The molecule has 13 heavy (non-hydrogen) atoms. The molecule has 0 spiro atoms. The molecule has 2 nitrogen and oxygen atoms in total. The molecule has 0 aliphatic carbocycles. The predicted octanol–water partition coefficient (Wildman–Crippen LogP) is 3.14. The number of hydrogen-bond acceptors (Lipinski definition) is 2. The third-order valence-electron chi connectivity index (χ3n) is 1.22. The summed E-state index contributed by atoms with van der Waals surface area (Å²) in [5.41, 5.74) is 1.56. The molecule has 2 heteroatoms. The summed E-state index contributed by atoms with van der Waals surface area (Å²) in [5, 5.41) is 0. The average Bonchev–Trinajstić information content (AvgIpc) is 2.12. The first-order valence-electron chi connectivity index (χ1n) is 4.25. The van der Waals surface area contributed by atoms with E-state index in [1.807, 2.05) is 19.9 Å². The van der Waals surface area contributed by atoms with Crippen molar-refractivity contribution < 1.29 is 0 Å². The molecule has 0 aliphatic rings. The van der Waals surface area contributed by atoms with Gasteiger partial charge in [0.15, 0.2) is 0 Å². The lowest BCUT2D eigenvalue weighted by Crippen LogP contribution is -1.79. The molecular formula is C11H16N2. The van der Waals surface area contributed by atoms with Crippen LogP contribution in [0, 0.1) is 0 Å². The molecule has 0 heterocycles. The van der Waals surface area contributed by atoms with E-state index in [2.05, 4.69) is 23.1 Å². The lowest BCUT2D eigenvalue weighted by molar-refractivity contribution is 1.29. The van der Waals surface area contributed by atoms with Crippen LogP contribution in [0.3, 0.4) is 0 Å². The van der Waals surface area contributed by atoms with E-state index in [0.29, 0.717) is 5.70 Å². The summed E-state index contributed by atoms with van der Waals surface area (Å²) in [6, 6.07) is 0. The summed E-state index contributed by atoms with van der Waals surface area (Å²) in [7, 11) is 0. The lowest BCUT2D eigenvalue weighted by atomic mass is 10.4. The Balaban J connectivity index is 4.12. The van der Waals surface area contributed by atoms with Crippen LogP contribution in [0.15, 0.2) is 46.7 Å². The Kier molecular flexibility index (Phi) is 6.42. The van der Waals surface area contributed by atoms with Gasteiger partial charge in [-0.25, -0.2) is 0 Å². The van der Waals surface area contributed by atoms with Crippen molar-refractivity contribution in [3.8, 4) is 0 Å². The van der Waals surface area contributed by atoms with Crippen LogP contribution >= 0.6 is 0 Å². The highest BCUT2D eigenvalue weighted by molar-refractivity contribution is 5.80. The molecule has 0 aromatic rings. The van der Waals surface area contributed by atoms with Gasteiger partial charge in [-0.15, -0.1) is 0 Å². The molecule has 0 saturated heterocycles. The second-order valence-electron chi connectivity index (χ2n) is 2.51. The van der Waals surface area contributed by atoms with Gasteiger partial charge in [0.2, 0.25) is 0 Å². The van der Waals surface area contributed by atoms with Gasteiger partial charge in [0.1, 0.15) is 0 Å². The highest BCUT2D eigenvalue weighted by atomic mass is 14.8. The van der Waals surface area contributed by atoms with Crippen molar-refractivity contribution in [2.45, 2.75) is 20.3 Å². The molecular weight excluding hydrogens is 160 g/mol. The Morgan fingerprint density at radius 2 is 2.08 bits per heavy atom. The number of hydrogen-bond donors (Lipinski definition) is 0. The van der Waals surface area contributed by atoms with Crippen molar-refractivity contribution in [2.75, 3.05) is 0 Å². The van der Waals surface area contributed by atoms with E-state index < -0.39 is 0 Å². The van der Waals surface area contributed by atoms with Gasteiger partial charge < -0.3 is 0 Å². The predicted molar refractivity (Wildman–Crippen MR) is 60.4 cm³/mol. The minimum atomic E-state index is 0.665. The van der Waals surface area contributed by atoms with Crippen LogP contribution in [0.5, 0.6) is 0 Å². The number of nitrogens with zero attached hydrogens (tertiary/aromatic N) is 2. The summed E-state index contributed by atoms with van der Waals surface area (Å²) in [6.45, 7) is 11.2. The zero-order valence-electron chi connectivity index (χ0n) is 8.33. The van der Waals surface area contributed by atoms with Gasteiger partial charge >= 0.3 is 0 Å². The zero-order chi connectivity index (χ0) is 10.1. The minimum Gasteiger partial charge on any atom is -0.260 e. The van der Waals surface area contributed by atoms with Crippen molar-refractivity contribution in [3.63, 3.8) is 0 Å². The zero-order valence-corrected chi connectivity index (χ0v) is 8.33. The van der Waals surface area contributed by atoms with Crippen LogP contribution in [0.1, 0.15) is 20.3 Å². The van der Waals surface area contributed by atoms with Crippen LogP contribution < -0.4 is 0 Å². The third-order valence-corrected chi connectivity index (χ3v) is 1.22. The first-order valence-corrected chi connectivity index (χ1v) is 4.25. The van der Waals surface area contributed by atoms with Crippen LogP contribution in [0.4, 0.5) is 0 Å². The van der Waals surface area contributed by atoms with E-state index in [-0.39, 0.29) is 0 Å².